The summed E-state index contributed by atoms with van der Waals surface area (Å²) in [5.74, 6) is -0.181. The van der Waals surface area contributed by atoms with Crippen LogP contribution < -0.4 is 10.2 Å². The molecule has 0 heterocycles. The molecule has 0 radical (unpaired) electrons. The summed E-state index contributed by atoms with van der Waals surface area (Å²) in [7, 11) is 3.67. The summed E-state index contributed by atoms with van der Waals surface area (Å²) < 4.78 is 13.3. The second-order valence-electron chi connectivity index (χ2n) is 4.73. The Kier molecular flexibility index (Phi) is 6.45. The molecule has 0 spiro atoms. The molecular formula is C15H24FN3O. The lowest BCUT2D eigenvalue weighted by Gasteiger charge is -2.26. The number of anilines is 1. The summed E-state index contributed by atoms with van der Waals surface area (Å²) >= 11 is 0. The number of carbonyl (C=O) groups is 1. The molecule has 1 aromatic carbocycles. The molecule has 1 rings (SSSR count). The normalized spacial score (nSPS) is 10.4. The van der Waals surface area contributed by atoms with Gasteiger partial charge in [-0.3, -0.25) is 4.79 Å². The number of likely N-dealkylation sites (N-methyl/N-ethyl adjacent to an activating group) is 2. The van der Waals surface area contributed by atoms with Crippen molar-refractivity contribution in [2.45, 2.75) is 20.4 Å². The first-order valence-electron chi connectivity index (χ1n) is 6.95. The van der Waals surface area contributed by atoms with E-state index in [-0.39, 0.29) is 11.7 Å². The lowest BCUT2D eigenvalue weighted by Crippen LogP contribution is -2.39. The first kappa shape index (κ1) is 16.4. The first-order valence-corrected chi connectivity index (χ1v) is 6.95. The van der Waals surface area contributed by atoms with Crippen molar-refractivity contribution < 1.29 is 9.18 Å². The number of halogens is 1. The molecular weight excluding hydrogens is 257 g/mol. The van der Waals surface area contributed by atoms with Crippen LogP contribution in [0.4, 0.5) is 10.1 Å². The van der Waals surface area contributed by atoms with Gasteiger partial charge in [0.2, 0.25) is 5.91 Å². The highest BCUT2D eigenvalue weighted by atomic mass is 19.1. The van der Waals surface area contributed by atoms with E-state index in [0.717, 1.165) is 11.3 Å². The molecule has 112 valence electrons. The van der Waals surface area contributed by atoms with Crippen LogP contribution >= 0.6 is 0 Å². The molecule has 0 aromatic heterocycles. The van der Waals surface area contributed by atoms with Gasteiger partial charge in [0.05, 0.1) is 6.54 Å². The van der Waals surface area contributed by atoms with Crippen molar-refractivity contribution in [3.8, 4) is 0 Å². The third-order valence-electron chi connectivity index (χ3n) is 3.31. The van der Waals surface area contributed by atoms with Gasteiger partial charge in [0.25, 0.3) is 0 Å². The van der Waals surface area contributed by atoms with Gasteiger partial charge in [0.15, 0.2) is 0 Å². The zero-order chi connectivity index (χ0) is 15.1. The van der Waals surface area contributed by atoms with E-state index in [2.05, 4.69) is 5.32 Å². The Labute approximate surface area is 120 Å². The number of hydrogen-bond acceptors (Lipinski definition) is 3. The van der Waals surface area contributed by atoms with E-state index >= 15 is 0 Å². The third-order valence-corrected chi connectivity index (χ3v) is 3.31. The molecule has 4 nitrogen and oxygen atoms in total. The number of hydrogen-bond donors (Lipinski definition) is 1. The average Bonchev–Trinajstić information content (AvgIpc) is 2.40. The molecule has 0 bridgehead atoms. The van der Waals surface area contributed by atoms with E-state index in [4.69, 9.17) is 0 Å². The average molecular weight is 281 g/mol. The Bertz CT molecular complexity index is 447. The molecule has 20 heavy (non-hydrogen) atoms. The summed E-state index contributed by atoms with van der Waals surface area (Å²) in [6.45, 7) is 6.20. The van der Waals surface area contributed by atoms with E-state index in [9.17, 15) is 9.18 Å². The Balaban J connectivity index is 2.86. The summed E-state index contributed by atoms with van der Waals surface area (Å²) in [6, 6.07) is 4.65. The Hall–Kier alpha value is -1.62. The van der Waals surface area contributed by atoms with Crippen LogP contribution in [0.15, 0.2) is 18.2 Å². The maximum atomic E-state index is 13.3. The van der Waals surface area contributed by atoms with E-state index in [1.165, 1.54) is 12.1 Å². The molecule has 0 aliphatic rings. The van der Waals surface area contributed by atoms with Crippen LogP contribution in [0.2, 0.25) is 0 Å². The summed E-state index contributed by atoms with van der Waals surface area (Å²) in [6.07, 6.45) is 0. The van der Waals surface area contributed by atoms with Crippen LogP contribution in [0.5, 0.6) is 0 Å². The van der Waals surface area contributed by atoms with Crippen LogP contribution in [-0.2, 0) is 11.3 Å². The van der Waals surface area contributed by atoms with Crippen molar-refractivity contribution in [2.75, 3.05) is 38.6 Å². The van der Waals surface area contributed by atoms with Crippen molar-refractivity contribution in [3.05, 3.63) is 29.6 Å². The van der Waals surface area contributed by atoms with E-state index in [1.54, 1.807) is 11.0 Å². The van der Waals surface area contributed by atoms with E-state index < -0.39 is 0 Å². The SMILES string of the molecule is CCN(CC)C(=O)CN(C)c1ccc(F)cc1CNC. The molecule has 1 amide bonds. The molecule has 0 saturated heterocycles. The van der Waals surface area contributed by atoms with Gasteiger partial charge < -0.3 is 15.1 Å². The predicted octanol–water partition coefficient (Wildman–Crippen LogP) is 1.85. The van der Waals surface area contributed by atoms with E-state index in [1.807, 2.05) is 32.8 Å². The minimum absolute atomic E-state index is 0.0808. The van der Waals surface area contributed by atoms with Gasteiger partial charge in [-0.25, -0.2) is 4.39 Å². The van der Waals surface area contributed by atoms with Crippen molar-refractivity contribution in [1.29, 1.82) is 0 Å². The summed E-state index contributed by atoms with van der Waals surface area (Å²) in [5.41, 5.74) is 1.73. The molecule has 5 heteroatoms. The van der Waals surface area contributed by atoms with Crippen molar-refractivity contribution in [3.63, 3.8) is 0 Å². The zero-order valence-electron chi connectivity index (χ0n) is 12.7. The molecule has 0 aliphatic heterocycles. The maximum Gasteiger partial charge on any atom is 0.242 e. The highest BCUT2D eigenvalue weighted by molar-refractivity contribution is 5.81. The number of carbonyl (C=O) groups excluding carboxylic acids is 1. The van der Waals surface area contributed by atoms with Gasteiger partial charge in [-0.1, -0.05) is 0 Å². The van der Waals surface area contributed by atoms with Crippen molar-refractivity contribution in [1.82, 2.24) is 10.2 Å². The summed E-state index contributed by atoms with van der Waals surface area (Å²) in [4.78, 5) is 15.8. The monoisotopic (exact) mass is 281 g/mol. The fraction of sp³-hybridized carbons (Fsp3) is 0.533. The van der Waals surface area contributed by atoms with Crippen LogP contribution in [0.3, 0.4) is 0 Å². The van der Waals surface area contributed by atoms with Crippen LogP contribution in [0.1, 0.15) is 19.4 Å². The topological polar surface area (TPSA) is 35.6 Å². The quantitative estimate of drug-likeness (QED) is 0.828. The molecule has 0 aliphatic carbocycles. The van der Waals surface area contributed by atoms with Crippen LogP contribution in [0.25, 0.3) is 0 Å². The molecule has 0 saturated carbocycles. The fourth-order valence-electron chi connectivity index (χ4n) is 2.22. The molecule has 0 unspecified atom stereocenters. The molecule has 0 atom stereocenters. The Morgan fingerprint density at radius 3 is 2.50 bits per heavy atom. The van der Waals surface area contributed by atoms with E-state index in [0.29, 0.717) is 26.2 Å². The van der Waals surface area contributed by atoms with Gasteiger partial charge >= 0.3 is 0 Å². The number of amides is 1. The highest BCUT2D eigenvalue weighted by Gasteiger charge is 2.15. The lowest BCUT2D eigenvalue weighted by molar-refractivity contribution is -0.129. The standard InChI is InChI=1S/C15H24FN3O/c1-5-19(6-2)15(20)11-18(4)14-8-7-13(16)9-12(14)10-17-3/h7-9,17H,5-6,10-11H2,1-4H3. The second kappa shape index (κ2) is 7.85. The van der Waals surface area contributed by atoms with Gasteiger partial charge in [0.1, 0.15) is 5.82 Å². The van der Waals surface area contributed by atoms with Crippen molar-refractivity contribution >= 4 is 11.6 Å². The minimum Gasteiger partial charge on any atom is -0.365 e. The number of rotatable bonds is 7. The first-order chi connectivity index (χ1) is 9.53. The smallest absolute Gasteiger partial charge is 0.242 e. The Morgan fingerprint density at radius 1 is 1.30 bits per heavy atom. The van der Waals surface area contributed by atoms with Gasteiger partial charge in [-0.05, 0) is 44.7 Å². The summed E-state index contributed by atoms with van der Waals surface area (Å²) in [5, 5.41) is 3.02. The molecule has 1 N–H and O–H groups in total. The maximum absolute atomic E-state index is 13.3. The zero-order valence-corrected chi connectivity index (χ0v) is 12.7. The highest BCUT2D eigenvalue weighted by Crippen LogP contribution is 2.20. The third kappa shape index (κ3) is 4.20. The second-order valence-corrected chi connectivity index (χ2v) is 4.73. The van der Waals surface area contributed by atoms with Gasteiger partial charge in [-0.15, -0.1) is 0 Å². The fourth-order valence-corrected chi connectivity index (χ4v) is 2.22. The Morgan fingerprint density at radius 2 is 1.95 bits per heavy atom. The van der Waals surface area contributed by atoms with Crippen molar-refractivity contribution in [2.24, 2.45) is 0 Å². The largest absolute Gasteiger partial charge is 0.365 e. The number of benzene rings is 1. The molecule has 0 fully saturated rings. The molecule has 1 aromatic rings. The van der Waals surface area contributed by atoms with Crippen LogP contribution in [0, 0.1) is 5.82 Å². The van der Waals surface area contributed by atoms with Gasteiger partial charge in [-0.2, -0.15) is 0 Å². The minimum atomic E-state index is -0.262. The van der Waals surface area contributed by atoms with Gasteiger partial charge in [0, 0.05) is 32.4 Å². The lowest BCUT2D eigenvalue weighted by atomic mass is 10.1. The predicted molar refractivity (Wildman–Crippen MR) is 80.4 cm³/mol. The van der Waals surface area contributed by atoms with Crippen LogP contribution in [-0.4, -0.2) is 44.5 Å². The number of nitrogens with zero attached hydrogens (tertiary/aromatic N) is 2. The number of nitrogens with one attached hydrogen (secondary N) is 1.